The molecule has 0 radical (unpaired) electrons. The van der Waals surface area contributed by atoms with Crippen molar-refractivity contribution in [2.24, 2.45) is 5.10 Å². The normalized spacial score (nSPS) is 10.7. The van der Waals surface area contributed by atoms with Gasteiger partial charge in [-0.15, -0.1) is 0 Å². The minimum atomic E-state index is -0.659. The lowest BCUT2D eigenvalue weighted by atomic mass is 10.2. The van der Waals surface area contributed by atoms with Crippen molar-refractivity contribution in [1.29, 1.82) is 0 Å². The molecule has 0 atom stereocenters. The summed E-state index contributed by atoms with van der Waals surface area (Å²) < 4.78 is 19.4. The number of hydrazone groups is 1. The molecule has 0 heterocycles. The smallest absolute Gasteiger partial charge is 0.249 e. The number of para-hydroxylation sites is 2. The van der Waals surface area contributed by atoms with Gasteiger partial charge in [0.1, 0.15) is 24.6 Å². The van der Waals surface area contributed by atoms with Crippen molar-refractivity contribution in [1.82, 2.24) is 5.43 Å². The van der Waals surface area contributed by atoms with Gasteiger partial charge in [-0.05, 0) is 42.0 Å². The Labute approximate surface area is 194 Å². The minimum Gasteiger partial charge on any atom is -0.488 e. The molecule has 0 unspecified atom stereocenters. The van der Waals surface area contributed by atoms with E-state index >= 15 is 0 Å². The van der Waals surface area contributed by atoms with Crippen LogP contribution in [0.25, 0.3) is 0 Å². The van der Waals surface area contributed by atoms with Crippen molar-refractivity contribution in [2.45, 2.75) is 13.0 Å². The molecule has 2 amide bonds. The van der Waals surface area contributed by atoms with Gasteiger partial charge in [-0.3, -0.25) is 9.59 Å². The first-order valence-electron chi connectivity index (χ1n) is 9.44. The predicted molar refractivity (Wildman–Crippen MR) is 123 cm³/mol. The van der Waals surface area contributed by atoms with Crippen molar-refractivity contribution < 1.29 is 18.7 Å². The number of halogens is 3. The molecule has 0 spiro atoms. The number of nitrogens with zero attached hydrogens (tertiary/aromatic N) is 1. The van der Waals surface area contributed by atoms with E-state index in [-0.39, 0.29) is 12.3 Å². The second-order valence-electron chi connectivity index (χ2n) is 6.57. The van der Waals surface area contributed by atoms with E-state index in [1.807, 2.05) is 0 Å². The van der Waals surface area contributed by atoms with Crippen molar-refractivity contribution in [2.75, 3.05) is 5.32 Å². The fourth-order valence-corrected chi connectivity index (χ4v) is 2.95. The minimum absolute atomic E-state index is 0.00172. The van der Waals surface area contributed by atoms with Gasteiger partial charge in [-0.25, -0.2) is 9.82 Å². The number of carbonyl (C=O) groups is 2. The van der Waals surface area contributed by atoms with Gasteiger partial charge in [-0.1, -0.05) is 53.5 Å². The van der Waals surface area contributed by atoms with Crippen molar-refractivity contribution >= 4 is 46.9 Å². The highest BCUT2D eigenvalue weighted by molar-refractivity contribution is 6.42. The van der Waals surface area contributed by atoms with Crippen LogP contribution in [0.5, 0.6) is 5.75 Å². The summed E-state index contributed by atoms with van der Waals surface area (Å²) >= 11 is 11.9. The van der Waals surface area contributed by atoms with Crippen LogP contribution in [0, 0.1) is 5.82 Å². The third-order valence-corrected chi connectivity index (χ3v) is 4.90. The maximum Gasteiger partial charge on any atom is 0.249 e. The third kappa shape index (κ3) is 6.80. The van der Waals surface area contributed by atoms with E-state index in [1.54, 1.807) is 48.5 Å². The first-order valence-corrected chi connectivity index (χ1v) is 10.2. The molecule has 3 aromatic rings. The van der Waals surface area contributed by atoms with Crippen molar-refractivity contribution in [3.8, 4) is 5.75 Å². The van der Waals surface area contributed by atoms with Gasteiger partial charge < -0.3 is 10.1 Å². The number of ether oxygens (including phenoxy) is 1. The Balaban J connectivity index is 1.53. The zero-order valence-corrected chi connectivity index (χ0v) is 18.2. The first-order chi connectivity index (χ1) is 15.4. The van der Waals surface area contributed by atoms with E-state index in [9.17, 15) is 14.0 Å². The van der Waals surface area contributed by atoms with Crippen LogP contribution in [0.15, 0.2) is 71.8 Å². The van der Waals surface area contributed by atoms with E-state index in [0.29, 0.717) is 21.4 Å². The molecule has 3 aromatic carbocycles. The molecule has 6 nitrogen and oxygen atoms in total. The number of benzene rings is 3. The van der Waals surface area contributed by atoms with Crippen LogP contribution in [-0.2, 0) is 16.2 Å². The van der Waals surface area contributed by atoms with Gasteiger partial charge in [0.2, 0.25) is 11.8 Å². The van der Waals surface area contributed by atoms with Crippen LogP contribution < -0.4 is 15.5 Å². The van der Waals surface area contributed by atoms with E-state index in [4.69, 9.17) is 27.9 Å². The van der Waals surface area contributed by atoms with Gasteiger partial charge in [0.05, 0.1) is 21.9 Å². The molecular formula is C23H18Cl2FN3O3. The summed E-state index contributed by atoms with van der Waals surface area (Å²) in [5, 5.41) is 7.09. The molecule has 0 aliphatic rings. The molecule has 32 heavy (non-hydrogen) atoms. The maximum absolute atomic E-state index is 13.6. The summed E-state index contributed by atoms with van der Waals surface area (Å²) in [6, 6.07) is 18.0. The lowest BCUT2D eigenvalue weighted by Gasteiger charge is -2.09. The summed E-state index contributed by atoms with van der Waals surface area (Å²) in [6.45, 7) is 0.254. The van der Waals surface area contributed by atoms with Crippen molar-refractivity contribution in [3.63, 3.8) is 0 Å². The van der Waals surface area contributed by atoms with Crippen LogP contribution in [0.2, 0.25) is 10.0 Å². The number of anilines is 1. The van der Waals surface area contributed by atoms with Crippen LogP contribution in [0.3, 0.4) is 0 Å². The Morgan fingerprint density at radius 2 is 1.72 bits per heavy atom. The molecule has 0 saturated heterocycles. The van der Waals surface area contributed by atoms with Crippen molar-refractivity contribution in [3.05, 3.63) is 93.7 Å². The van der Waals surface area contributed by atoms with E-state index < -0.39 is 24.1 Å². The number of rotatable bonds is 8. The molecule has 0 aromatic heterocycles. The third-order valence-electron chi connectivity index (χ3n) is 4.16. The zero-order chi connectivity index (χ0) is 22.9. The molecule has 0 saturated carbocycles. The summed E-state index contributed by atoms with van der Waals surface area (Å²) in [6.07, 6.45) is 0.887. The lowest BCUT2D eigenvalue weighted by molar-refractivity contribution is -0.126. The van der Waals surface area contributed by atoms with Crippen LogP contribution in [0.4, 0.5) is 10.1 Å². The van der Waals surface area contributed by atoms with Crippen LogP contribution in [0.1, 0.15) is 17.5 Å². The maximum atomic E-state index is 13.6. The second kappa shape index (κ2) is 11.3. The SMILES string of the molecule is O=C(CC(=O)Nc1ccccc1F)NN=Cc1ccccc1OCc1ccc(Cl)c(Cl)c1. The molecule has 0 aliphatic carbocycles. The standard InChI is InChI=1S/C23H18Cl2FN3O3/c24-17-10-9-15(11-18(17)25)14-32-21-8-4-1-5-16(21)13-27-29-23(31)12-22(30)28-20-7-3-2-6-19(20)26/h1-11,13H,12,14H2,(H,28,30)(H,29,31). The first kappa shape index (κ1) is 23.2. The number of carbonyl (C=O) groups excluding carboxylic acids is 2. The summed E-state index contributed by atoms with van der Waals surface area (Å²) in [4.78, 5) is 23.8. The van der Waals surface area contributed by atoms with E-state index in [1.165, 1.54) is 24.4 Å². The largest absolute Gasteiger partial charge is 0.488 e. The summed E-state index contributed by atoms with van der Waals surface area (Å²) in [5.74, 6) is -1.36. The monoisotopic (exact) mass is 473 g/mol. The molecule has 3 rings (SSSR count). The quantitative estimate of drug-likeness (QED) is 0.268. The number of hydrogen-bond acceptors (Lipinski definition) is 4. The van der Waals surface area contributed by atoms with Gasteiger partial charge in [-0.2, -0.15) is 5.10 Å². The molecule has 164 valence electrons. The molecule has 0 bridgehead atoms. The Kier molecular flexibility index (Phi) is 8.19. The molecule has 9 heteroatoms. The van der Waals surface area contributed by atoms with Crippen LogP contribution >= 0.6 is 23.2 Å². The Hall–Kier alpha value is -3.42. The summed E-state index contributed by atoms with van der Waals surface area (Å²) in [7, 11) is 0. The zero-order valence-electron chi connectivity index (χ0n) is 16.6. The molecule has 0 aliphatic heterocycles. The second-order valence-corrected chi connectivity index (χ2v) is 7.39. The van der Waals surface area contributed by atoms with Gasteiger partial charge >= 0.3 is 0 Å². The highest BCUT2D eigenvalue weighted by atomic mass is 35.5. The van der Waals surface area contributed by atoms with Gasteiger partial charge in [0.15, 0.2) is 0 Å². The number of hydrogen-bond donors (Lipinski definition) is 2. The topological polar surface area (TPSA) is 79.8 Å². The Morgan fingerprint density at radius 1 is 0.969 bits per heavy atom. The Morgan fingerprint density at radius 3 is 2.50 bits per heavy atom. The highest BCUT2D eigenvalue weighted by Crippen LogP contribution is 2.24. The van der Waals surface area contributed by atoms with E-state index in [0.717, 1.165) is 5.56 Å². The van der Waals surface area contributed by atoms with Crippen LogP contribution in [-0.4, -0.2) is 18.0 Å². The van der Waals surface area contributed by atoms with E-state index in [2.05, 4.69) is 15.8 Å². The number of nitrogens with one attached hydrogen (secondary N) is 2. The molecule has 2 N–H and O–H groups in total. The fraction of sp³-hybridized carbons (Fsp3) is 0.0870. The lowest BCUT2D eigenvalue weighted by Crippen LogP contribution is -2.25. The highest BCUT2D eigenvalue weighted by Gasteiger charge is 2.11. The summed E-state index contributed by atoms with van der Waals surface area (Å²) in [5.41, 5.74) is 3.72. The number of amides is 2. The van der Waals surface area contributed by atoms with Gasteiger partial charge in [0.25, 0.3) is 0 Å². The Bertz CT molecular complexity index is 1150. The van der Waals surface area contributed by atoms with Gasteiger partial charge in [0, 0.05) is 5.56 Å². The predicted octanol–water partition coefficient (Wildman–Crippen LogP) is 5.19. The average molecular weight is 474 g/mol. The fourth-order valence-electron chi connectivity index (χ4n) is 2.63. The molecular weight excluding hydrogens is 456 g/mol. The average Bonchev–Trinajstić information content (AvgIpc) is 2.77. The molecule has 0 fully saturated rings.